The Morgan fingerprint density at radius 3 is 2.32 bits per heavy atom. The molecule has 0 fully saturated rings. The number of aryl methyl sites for hydroxylation is 1. The molecule has 4 nitrogen and oxygen atoms in total. The molecule has 0 aromatic heterocycles. The minimum absolute atomic E-state index is 0.112. The third kappa shape index (κ3) is 3.56. The second-order valence-corrected chi connectivity index (χ2v) is 11.0. The highest BCUT2D eigenvalue weighted by Gasteiger charge is 2.39. The lowest BCUT2D eigenvalue weighted by Gasteiger charge is -2.36. The van der Waals surface area contributed by atoms with E-state index in [2.05, 4.69) is 33.9 Å². The molecule has 19 heavy (non-hydrogen) atoms. The van der Waals surface area contributed by atoms with Crippen molar-refractivity contribution in [1.29, 1.82) is 0 Å². The summed E-state index contributed by atoms with van der Waals surface area (Å²) in [5, 5.41) is 11.0. The summed E-state index contributed by atoms with van der Waals surface area (Å²) in [6, 6.07) is 5.05. The summed E-state index contributed by atoms with van der Waals surface area (Å²) in [5.41, 5.74) is 0.895. The molecule has 0 N–H and O–H groups in total. The number of rotatable bonds is 4. The zero-order valence-electron chi connectivity index (χ0n) is 12.6. The van der Waals surface area contributed by atoms with Gasteiger partial charge in [-0.05, 0) is 36.7 Å². The highest BCUT2D eigenvalue weighted by atomic mass is 28.4. The third-order valence-electron chi connectivity index (χ3n) is 3.81. The highest BCUT2D eigenvalue weighted by molar-refractivity contribution is 6.74. The van der Waals surface area contributed by atoms with Crippen molar-refractivity contribution in [2.75, 3.05) is 0 Å². The van der Waals surface area contributed by atoms with Crippen molar-refractivity contribution in [1.82, 2.24) is 0 Å². The van der Waals surface area contributed by atoms with Gasteiger partial charge in [0, 0.05) is 11.6 Å². The lowest BCUT2D eigenvalue weighted by molar-refractivity contribution is -0.385. The molecule has 0 saturated carbocycles. The van der Waals surface area contributed by atoms with Gasteiger partial charge >= 0.3 is 0 Å². The third-order valence-corrected chi connectivity index (χ3v) is 8.17. The van der Waals surface area contributed by atoms with Gasteiger partial charge in [0.05, 0.1) is 4.92 Å². The van der Waals surface area contributed by atoms with E-state index >= 15 is 0 Å². The van der Waals surface area contributed by atoms with Gasteiger partial charge in [-0.3, -0.25) is 10.1 Å². The molecular weight excluding hydrogens is 258 g/mol. The van der Waals surface area contributed by atoms with Crippen molar-refractivity contribution in [3.05, 3.63) is 33.9 Å². The Hall–Kier alpha value is -1.36. The van der Waals surface area contributed by atoms with Crippen LogP contribution in [0, 0.1) is 10.1 Å². The molecule has 0 atom stereocenters. The molecule has 106 valence electrons. The largest absolute Gasteiger partial charge is 0.543 e. The van der Waals surface area contributed by atoms with E-state index in [1.165, 1.54) is 0 Å². The average Bonchev–Trinajstić information content (AvgIpc) is 2.26. The SMILES string of the molecule is CCc1cc(O[Si](C)(C)C(C)(C)C)ccc1[N+](=O)[O-]. The van der Waals surface area contributed by atoms with Crippen molar-refractivity contribution in [3.63, 3.8) is 0 Å². The normalized spacial score (nSPS) is 12.3. The second kappa shape index (κ2) is 5.33. The van der Waals surface area contributed by atoms with Gasteiger partial charge in [0.25, 0.3) is 5.69 Å². The lowest BCUT2D eigenvalue weighted by atomic mass is 10.1. The van der Waals surface area contributed by atoms with Crippen LogP contribution in [-0.4, -0.2) is 13.2 Å². The van der Waals surface area contributed by atoms with Crippen molar-refractivity contribution in [2.24, 2.45) is 0 Å². The van der Waals surface area contributed by atoms with Crippen molar-refractivity contribution >= 4 is 14.0 Å². The zero-order chi connectivity index (χ0) is 14.8. The maximum atomic E-state index is 10.9. The molecule has 0 aliphatic heterocycles. The summed E-state index contributed by atoms with van der Waals surface area (Å²) in [4.78, 5) is 10.6. The molecule has 0 amide bonds. The molecule has 0 aliphatic carbocycles. The van der Waals surface area contributed by atoms with Crippen molar-refractivity contribution in [3.8, 4) is 5.75 Å². The Kier molecular flexibility index (Phi) is 4.40. The average molecular weight is 281 g/mol. The molecule has 5 heteroatoms. The van der Waals surface area contributed by atoms with Crippen LogP contribution in [0.1, 0.15) is 33.3 Å². The molecular formula is C14H23NO3Si. The molecule has 0 bridgehead atoms. The topological polar surface area (TPSA) is 52.4 Å². The Morgan fingerprint density at radius 1 is 1.32 bits per heavy atom. The Balaban J connectivity index is 3.08. The summed E-state index contributed by atoms with van der Waals surface area (Å²) in [5.74, 6) is 0.744. The van der Waals surface area contributed by atoms with E-state index < -0.39 is 8.32 Å². The fourth-order valence-electron chi connectivity index (χ4n) is 1.53. The standard InChI is InChI=1S/C14H23NO3Si/c1-7-11-10-12(8-9-13(11)15(16)17)18-19(5,6)14(2,3)4/h8-10H,7H2,1-6H3. The van der Waals surface area contributed by atoms with Gasteiger partial charge in [-0.15, -0.1) is 0 Å². The van der Waals surface area contributed by atoms with E-state index in [-0.39, 0.29) is 15.6 Å². The van der Waals surface area contributed by atoms with Gasteiger partial charge in [-0.1, -0.05) is 27.7 Å². The van der Waals surface area contributed by atoms with Crippen molar-refractivity contribution < 1.29 is 9.35 Å². The smallest absolute Gasteiger partial charge is 0.272 e. The minimum Gasteiger partial charge on any atom is -0.543 e. The van der Waals surface area contributed by atoms with Gasteiger partial charge in [0.2, 0.25) is 8.32 Å². The summed E-state index contributed by atoms with van der Waals surface area (Å²) < 4.78 is 6.16. The molecule has 0 saturated heterocycles. The fraction of sp³-hybridized carbons (Fsp3) is 0.571. The Morgan fingerprint density at radius 2 is 1.89 bits per heavy atom. The molecule has 0 radical (unpaired) electrons. The maximum Gasteiger partial charge on any atom is 0.272 e. The van der Waals surface area contributed by atoms with Crippen LogP contribution in [-0.2, 0) is 6.42 Å². The summed E-state index contributed by atoms with van der Waals surface area (Å²) in [6.45, 7) is 12.8. The van der Waals surface area contributed by atoms with Crippen LogP contribution < -0.4 is 4.43 Å². The van der Waals surface area contributed by atoms with Gasteiger partial charge in [-0.25, -0.2) is 0 Å². The summed E-state index contributed by atoms with van der Waals surface area (Å²) >= 11 is 0. The molecule has 0 aliphatic rings. The number of benzene rings is 1. The van der Waals surface area contributed by atoms with Crippen molar-refractivity contribution in [2.45, 2.75) is 52.2 Å². The molecule has 0 unspecified atom stereocenters. The summed E-state index contributed by atoms with van der Waals surface area (Å²) in [6.07, 6.45) is 0.630. The van der Waals surface area contributed by atoms with Gasteiger partial charge in [-0.2, -0.15) is 0 Å². The van der Waals surface area contributed by atoms with E-state index in [9.17, 15) is 10.1 Å². The molecule has 1 aromatic carbocycles. The van der Waals surface area contributed by atoms with E-state index in [1.54, 1.807) is 18.2 Å². The summed E-state index contributed by atoms with van der Waals surface area (Å²) in [7, 11) is -1.90. The van der Waals surface area contributed by atoms with Crippen LogP contribution in [0.25, 0.3) is 0 Å². The number of nitro benzene ring substituents is 1. The molecule has 0 spiro atoms. The lowest BCUT2D eigenvalue weighted by Crippen LogP contribution is -2.43. The van der Waals surface area contributed by atoms with Gasteiger partial charge in [0.15, 0.2) is 0 Å². The Labute approximate surface area is 116 Å². The van der Waals surface area contributed by atoms with E-state index in [1.807, 2.05) is 6.92 Å². The Bertz CT molecular complexity index is 478. The molecule has 1 rings (SSSR count). The minimum atomic E-state index is -1.90. The second-order valence-electron chi connectivity index (χ2n) is 6.26. The first-order valence-electron chi connectivity index (χ1n) is 6.55. The van der Waals surface area contributed by atoms with E-state index in [0.717, 1.165) is 11.3 Å². The van der Waals surface area contributed by atoms with Gasteiger partial charge in [0.1, 0.15) is 5.75 Å². The van der Waals surface area contributed by atoms with Crippen LogP contribution in [0.5, 0.6) is 5.75 Å². The van der Waals surface area contributed by atoms with E-state index in [0.29, 0.717) is 6.42 Å². The number of hydrogen-bond acceptors (Lipinski definition) is 3. The van der Waals surface area contributed by atoms with Crippen LogP contribution in [0.4, 0.5) is 5.69 Å². The first kappa shape index (κ1) is 15.7. The fourth-order valence-corrected chi connectivity index (χ4v) is 2.56. The predicted molar refractivity (Wildman–Crippen MR) is 80.3 cm³/mol. The highest BCUT2D eigenvalue weighted by Crippen LogP contribution is 2.38. The number of nitro groups is 1. The number of hydrogen-bond donors (Lipinski definition) is 0. The van der Waals surface area contributed by atoms with Crippen LogP contribution in [0.3, 0.4) is 0 Å². The zero-order valence-corrected chi connectivity index (χ0v) is 13.6. The first-order chi connectivity index (χ1) is 8.58. The van der Waals surface area contributed by atoms with Gasteiger partial charge < -0.3 is 4.43 Å². The first-order valence-corrected chi connectivity index (χ1v) is 9.45. The van der Waals surface area contributed by atoms with Crippen LogP contribution in [0.2, 0.25) is 18.1 Å². The quantitative estimate of drug-likeness (QED) is 0.462. The number of nitrogens with zero attached hydrogens (tertiary/aromatic N) is 1. The maximum absolute atomic E-state index is 10.9. The molecule has 0 heterocycles. The molecule has 1 aromatic rings. The van der Waals surface area contributed by atoms with Crippen LogP contribution >= 0.6 is 0 Å². The monoisotopic (exact) mass is 281 g/mol. The predicted octanol–water partition coefficient (Wildman–Crippen LogP) is 4.54. The van der Waals surface area contributed by atoms with Crippen LogP contribution in [0.15, 0.2) is 18.2 Å². The van der Waals surface area contributed by atoms with E-state index in [4.69, 9.17) is 4.43 Å².